The minimum Gasteiger partial charge on any atom is -0.481 e. The van der Waals surface area contributed by atoms with Crippen LogP contribution in [0.5, 0.6) is 0 Å². The third-order valence-corrected chi connectivity index (χ3v) is 6.33. The van der Waals surface area contributed by atoms with E-state index in [4.69, 9.17) is 5.11 Å². The first-order chi connectivity index (χ1) is 16.9. The zero-order valence-electron chi connectivity index (χ0n) is 19.1. The third kappa shape index (κ3) is 5.46. The highest BCUT2D eigenvalue weighted by atomic mass is 16.4. The van der Waals surface area contributed by atoms with Crippen LogP contribution < -0.4 is 10.6 Å². The maximum absolute atomic E-state index is 13.1. The number of fused-ring (bicyclic) bond motifs is 2. The maximum Gasteiger partial charge on any atom is 0.305 e. The van der Waals surface area contributed by atoms with E-state index >= 15 is 0 Å². The summed E-state index contributed by atoms with van der Waals surface area (Å²) in [6.45, 7) is 0.658. The SMILES string of the molecule is O=C[C@H](CC(=O)O)NC(=O)[C@@H]1CCCN2C(=O)CCC(NC(=O)c3nccc4ccccc34)CN12. The van der Waals surface area contributed by atoms with Gasteiger partial charge < -0.3 is 20.5 Å². The second-order valence-electron chi connectivity index (χ2n) is 8.74. The summed E-state index contributed by atoms with van der Waals surface area (Å²) in [7, 11) is 0. The largest absolute Gasteiger partial charge is 0.481 e. The molecule has 0 radical (unpaired) electrons. The van der Waals surface area contributed by atoms with Crippen LogP contribution in [0.1, 0.15) is 42.6 Å². The zero-order valence-corrected chi connectivity index (χ0v) is 19.1. The number of carboxylic acids is 1. The molecule has 2 aliphatic rings. The van der Waals surface area contributed by atoms with Crippen LogP contribution in [-0.4, -0.2) is 81.3 Å². The van der Waals surface area contributed by atoms with Gasteiger partial charge in [0.1, 0.15) is 18.0 Å². The number of carbonyl (C=O) groups is 5. The van der Waals surface area contributed by atoms with E-state index in [2.05, 4.69) is 15.6 Å². The summed E-state index contributed by atoms with van der Waals surface area (Å²) in [6.07, 6.45) is 3.05. The molecule has 11 nitrogen and oxygen atoms in total. The summed E-state index contributed by atoms with van der Waals surface area (Å²) in [5, 5.41) is 19.2. The number of hydrogen-bond donors (Lipinski definition) is 3. The number of nitrogens with zero attached hydrogens (tertiary/aromatic N) is 3. The fourth-order valence-corrected chi connectivity index (χ4v) is 4.66. The molecule has 11 heteroatoms. The van der Waals surface area contributed by atoms with Gasteiger partial charge in [0.05, 0.1) is 12.5 Å². The van der Waals surface area contributed by atoms with Crippen LogP contribution >= 0.6 is 0 Å². The highest BCUT2D eigenvalue weighted by Crippen LogP contribution is 2.24. The number of amides is 3. The molecule has 2 aromatic rings. The van der Waals surface area contributed by atoms with Gasteiger partial charge in [0.2, 0.25) is 11.8 Å². The van der Waals surface area contributed by atoms with Crippen molar-refractivity contribution in [1.29, 1.82) is 0 Å². The van der Waals surface area contributed by atoms with Crippen molar-refractivity contribution in [2.75, 3.05) is 13.1 Å². The predicted molar refractivity (Wildman–Crippen MR) is 124 cm³/mol. The zero-order chi connectivity index (χ0) is 24.9. The van der Waals surface area contributed by atoms with E-state index in [1.165, 1.54) is 5.01 Å². The highest BCUT2D eigenvalue weighted by molar-refractivity contribution is 6.05. The van der Waals surface area contributed by atoms with Crippen LogP contribution in [0.4, 0.5) is 0 Å². The average molecular weight is 482 g/mol. The molecule has 0 bridgehead atoms. The lowest BCUT2D eigenvalue weighted by Crippen LogP contribution is -2.62. The molecule has 0 spiro atoms. The van der Waals surface area contributed by atoms with Gasteiger partial charge in [0.15, 0.2) is 0 Å². The van der Waals surface area contributed by atoms with E-state index in [1.54, 1.807) is 11.2 Å². The predicted octanol–water partition coefficient (Wildman–Crippen LogP) is 0.493. The fourth-order valence-electron chi connectivity index (χ4n) is 4.66. The van der Waals surface area contributed by atoms with Gasteiger partial charge in [-0.2, -0.15) is 0 Å². The van der Waals surface area contributed by atoms with E-state index in [0.29, 0.717) is 37.5 Å². The number of benzene rings is 1. The van der Waals surface area contributed by atoms with Crippen molar-refractivity contribution in [3.05, 3.63) is 42.2 Å². The van der Waals surface area contributed by atoms with E-state index in [0.717, 1.165) is 5.39 Å². The van der Waals surface area contributed by atoms with Gasteiger partial charge >= 0.3 is 5.97 Å². The molecule has 2 saturated heterocycles. The number of hydrazine groups is 1. The number of rotatable bonds is 7. The van der Waals surface area contributed by atoms with Crippen LogP contribution in [-0.2, 0) is 19.2 Å². The van der Waals surface area contributed by atoms with Gasteiger partial charge in [-0.05, 0) is 30.7 Å². The Hall–Kier alpha value is -3.86. The molecule has 35 heavy (non-hydrogen) atoms. The van der Waals surface area contributed by atoms with Crippen molar-refractivity contribution in [3.8, 4) is 0 Å². The summed E-state index contributed by atoms with van der Waals surface area (Å²) < 4.78 is 0. The normalized spacial score (nSPS) is 21.5. The fraction of sp³-hybridized carbons (Fsp3) is 0.417. The number of carboxylic acid groups (broad SMARTS) is 1. The smallest absolute Gasteiger partial charge is 0.305 e. The molecule has 3 amide bonds. The molecule has 1 aromatic heterocycles. The van der Waals surface area contributed by atoms with E-state index < -0.39 is 36.4 Å². The second-order valence-corrected chi connectivity index (χ2v) is 8.74. The molecular formula is C24H27N5O6. The molecule has 1 aromatic carbocycles. The Kier molecular flexibility index (Phi) is 7.35. The third-order valence-electron chi connectivity index (χ3n) is 6.33. The van der Waals surface area contributed by atoms with Gasteiger partial charge in [0, 0.05) is 37.1 Å². The molecule has 0 aliphatic carbocycles. The lowest BCUT2D eigenvalue weighted by Gasteiger charge is -2.43. The molecule has 184 valence electrons. The number of aliphatic carboxylic acids is 1. The summed E-state index contributed by atoms with van der Waals surface area (Å²) in [4.78, 5) is 65.4. The van der Waals surface area contributed by atoms with Gasteiger partial charge in [-0.25, -0.2) is 5.01 Å². The second kappa shape index (κ2) is 10.6. The highest BCUT2D eigenvalue weighted by Gasteiger charge is 2.40. The topological polar surface area (TPSA) is 149 Å². The molecule has 2 fully saturated rings. The van der Waals surface area contributed by atoms with E-state index in [1.807, 2.05) is 30.3 Å². The minimum absolute atomic E-state index is 0.153. The lowest BCUT2D eigenvalue weighted by molar-refractivity contribution is -0.163. The molecule has 3 N–H and O–H groups in total. The average Bonchev–Trinajstić information content (AvgIpc) is 3.01. The van der Waals surface area contributed by atoms with Crippen molar-refractivity contribution in [2.24, 2.45) is 0 Å². The van der Waals surface area contributed by atoms with Crippen LogP contribution in [0.15, 0.2) is 36.5 Å². The summed E-state index contributed by atoms with van der Waals surface area (Å²) in [5.74, 6) is -2.25. The standard InChI is InChI=1S/C24H27N5O6/c30-14-17(12-21(32)33)27-23(34)19-6-3-11-28-20(31)8-7-16(13-29(19)28)26-24(35)22-18-5-2-1-4-15(18)9-10-25-22/h1-2,4-5,9-10,14,16-17,19H,3,6-8,11-13H2,(H,26,35)(H,27,34)(H,32,33)/t16?,17-,19-/m0/s1. The van der Waals surface area contributed by atoms with Crippen molar-refractivity contribution in [3.63, 3.8) is 0 Å². The molecule has 1 unspecified atom stereocenters. The van der Waals surface area contributed by atoms with Crippen LogP contribution in [0, 0.1) is 0 Å². The molecule has 2 aliphatic heterocycles. The number of pyridine rings is 1. The molecule has 4 rings (SSSR count). The van der Waals surface area contributed by atoms with Crippen molar-refractivity contribution < 1.29 is 29.1 Å². The Morgan fingerprint density at radius 3 is 2.77 bits per heavy atom. The summed E-state index contributed by atoms with van der Waals surface area (Å²) in [6, 6.07) is 6.89. The Balaban J connectivity index is 1.51. The Labute approximate surface area is 201 Å². The number of hydrogen-bond acceptors (Lipinski definition) is 7. The van der Waals surface area contributed by atoms with Crippen LogP contribution in [0.3, 0.4) is 0 Å². The molecule has 3 heterocycles. The lowest BCUT2D eigenvalue weighted by atomic mass is 10.1. The van der Waals surface area contributed by atoms with Crippen LogP contribution in [0.25, 0.3) is 10.8 Å². The Bertz CT molecular complexity index is 1150. The monoisotopic (exact) mass is 481 g/mol. The first-order valence-electron chi connectivity index (χ1n) is 11.6. The van der Waals surface area contributed by atoms with Crippen LogP contribution in [0.2, 0.25) is 0 Å². The van der Waals surface area contributed by atoms with Crippen molar-refractivity contribution in [2.45, 2.75) is 50.2 Å². The molecular weight excluding hydrogens is 454 g/mol. The maximum atomic E-state index is 13.1. The number of carbonyl (C=O) groups excluding carboxylic acids is 4. The molecule has 0 saturated carbocycles. The van der Waals surface area contributed by atoms with Gasteiger partial charge in [-0.15, -0.1) is 0 Å². The quantitative estimate of drug-likeness (QED) is 0.484. The minimum atomic E-state index is -1.21. The van der Waals surface area contributed by atoms with Crippen molar-refractivity contribution in [1.82, 2.24) is 25.6 Å². The Morgan fingerprint density at radius 2 is 2.00 bits per heavy atom. The Morgan fingerprint density at radius 1 is 1.20 bits per heavy atom. The van der Waals surface area contributed by atoms with Gasteiger partial charge in [0.25, 0.3) is 5.91 Å². The number of aldehydes is 1. The molecule has 3 atom stereocenters. The first kappa shape index (κ1) is 24.3. The number of aromatic nitrogens is 1. The van der Waals surface area contributed by atoms with E-state index in [-0.39, 0.29) is 30.5 Å². The van der Waals surface area contributed by atoms with Crippen molar-refractivity contribution >= 4 is 40.7 Å². The number of nitrogens with one attached hydrogen (secondary N) is 2. The van der Waals surface area contributed by atoms with Gasteiger partial charge in [-0.3, -0.25) is 29.2 Å². The van der Waals surface area contributed by atoms with Gasteiger partial charge in [-0.1, -0.05) is 24.3 Å². The summed E-state index contributed by atoms with van der Waals surface area (Å²) in [5.41, 5.74) is 0.283. The summed E-state index contributed by atoms with van der Waals surface area (Å²) >= 11 is 0. The first-order valence-corrected chi connectivity index (χ1v) is 11.6. The van der Waals surface area contributed by atoms with E-state index in [9.17, 15) is 24.0 Å².